The molecule has 0 aliphatic rings. The largest absolute Gasteiger partial charge is 0.345 e. The number of pyridine rings is 3. The van der Waals surface area contributed by atoms with E-state index in [0.717, 1.165) is 28.2 Å². The lowest BCUT2D eigenvalue weighted by Gasteiger charge is -2.07. The van der Waals surface area contributed by atoms with Crippen LogP contribution < -0.4 is 5.32 Å². The third-order valence-corrected chi connectivity index (χ3v) is 4.86. The van der Waals surface area contributed by atoms with E-state index < -0.39 is 0 Å². The van der Waals surface area contributed by atoms with Gasteiger partial charge >= 0.3 is 0 Å². The van der Waals surface area contributed by atoms with Crippen LogP contribution in [0.2, 0.25) is 0 Å². The van der Waals surface area contributed by atoms with Crippen LogP contribution in [0.1, 0.15) is 16.2 Å². The Morgan fingerprint density at radius 2 is 1.77 bits per heavy atom. The fraction of sp³-hybridized carbons (Fsp3) is 0.0435. The van der Waals surface area contributed by atoms with Crippen molar-refractivity contribution in [2.75, 3.05) is 0 Å². The Morgan fingerprint density at radius 1 is 0.900 bits per heavy atom. The first-order chi connectivity index (χ1) is 14.8. The van der Waals surface area contributed by atoms with Crippen molar-refractivity contribution in [3.63, 3.8) is 0 Å². The number of hydrogen-bond donors (Lipinski definition) is 1. The van der Waals surface area contributed by atoms with Crippen molar-refractivity contribution in [2.45, 2.75) is 6.54 Å². The maximum atomic E-state index is 12.5. The van der Waals surface area contributed by atoms with Gasteiger partial charge in [-0.05, 0) is 59.7 Å². The van der Waals surface area contributed by atoms with E-state index in [1.54, 1.807) is 35.5 Å². The summed E-state index contributed by atoms with van der Waals surface area (Å²) in [6.07, 6.45) is 9.10. The molecule has 5 heterocycles. The van der Waals surface area contributed by atoms with E-state index in [9.17, 15) is 4.79 Å². The summed E-state index contributed by atoms with van der Waals surface area (Å²) >= 11 is 0. The third-order valence-electron chi connectivity index (χ3n) is 4.86. The smallest absolute Gasteiger partial charge is 0.272 e. The molecular formula is C23H18N6O. The Bertz CT molecular complexity index is 1310. The average molecular weight is 394 g/mol. The lowest BCUT2D eigenvalue weighted by Crippen LogP contribution is -2.23. The minimum Gasteiger partial charge on any atom is -0.345 e. The van der Waals surface area contributed by atoms with Gasteiger partial charge in [0.15, 0.2) is 5.69 Å². The summed E-state index contributed by atoms with van der Waals surface area (Å²) in [5, 5.41) is 7.32. The van der Waals surface area contributed by atoms with Crippen LogP contribution in [0.3, 0.4) is 0 Å². The van der Waals surface area contributed by atoms with Crippen molar-refractivity contribution >= 4 is 11.4 Å². The zero-order chi connectivity index (χ0) is 20.3. The SMILES string of the molecule is O=C(NCc1ccccn1)c1ccn(-c2ccc3ccc(-c4ccncc4)cn23)n1. The Kier molecular flexibility index (Phi) is 4.53. The van der Waals surface area contributed by atoms with Crippen LogP contribution in [0.25, 0.3) is 22.5 Å². The van der Waals surface area contributed by atoms with Crippen molar-refractivity contribution in [3.05, 3.63) is 103 Å². The molecule has 0 spiro atoms. The Hall–Kier alpha value is -4.26. The molecule has 0 fully saturated rings. The molecule has 0 radical (unpaired) electrons. The minimum absolute atomic E-state index is 0.238. The van der Waals surface area contributed by atoms with Crippen LogP contribution in [-0.2, 0) is 6.54 Å². The second-order valence-electron chi connectivity index (χ2n) is 6.79. The van der Waals surface area contributed by atoms with E-state index in [1.807, 2.05) is 42.5 Å². The molecule has 5 aromatic heterocycles. The van der Waals surface area contributed by atoms with E-state index in [4.69, 9.17) is 0 Å². The van der Waals surface area contributed by atoms with Crippen LogP contribution in [0.4, 0.5) is 0 Å². The molecule has 0 aliphatic heterocycles. The van der Waals surface area contributed by atoms with Gasteiger partial charge in [-0.15, -0.1) is 0 Å². The van der Waals surface area contributed by atoms with Gasteiger partial charge < -0.3 is 9.72 Å². The van der Waals surface area contributed by atoms with Crippen molar-refractivity contribution in [1.29, 1.82) is 0 Å². The standard InChI is InChI=1S/C23H18N6O/c30-23(26-15-19-3-1-2-11-25-19)21-10-14-29(27-21)22-7-6-20-5-4-18(16-28(20)22)17-8-12-24-13-9-17/h1-14,16H,15H2,(H,26,30). The number of amides is 1. The topological polar surface area (TPSA) is 77.1 Å². The highest BCUT2D eigenvalue weighted by Crippen LogP contribution is 2.22. The van der Waals surface area contributed by atoms with Crippen LogP contribution in [0.5, 0.6) is 0 Å². The summed E-state index contributed by atoms with van der Waals surface area (Å²) < 4.78 is 3.76. The van der Waals surface area contributed by atoms with Gasteiger partial charge in [-0.25, -0.2) is 4.68 Å². The summed E-state index contributed by atoms with van der Waals surface area (Å²) in [5.74, 6) is 0.613. The maximum absolute atomic E-state index is 12.5. The van der Waals surface area contributed by atoms with Crippen LogP contribution >= 0.6 is 0 Å². The molecule has 30 heavy (non-hydrogen) atoms. The molecule has 146 valence electrons. The molecule has 0 saturated carbocycles. The number of aromatic nitrogens is 5. The maximum Gasteiger partial charge on any atom is 0.272 e. The van der Waals surface area contributed by atoms with E-state index in [1.165, 1.54) is 0 Å². The van der Waals surface area contributed by atoms with Gasteiger partial charge in [0.2, 0.25) is 0 Å². The Balaban J connectivity index is 1.41. The van der Waals surface area contributed by atoms with Crippen LogP contribution in [-0.4, -0.2) is 30.1 Å². The summed E-state index contributed by atoms with van der Waals surface area (Å²) in [6.45, 7) is 0.357. The number of hydrogen-bond acceptors (Lipinski definition) is 4. The van der Waals surface area contributed by atoms with Crippen LogP contribution in [0, 0.1) is 0 Å². The second-order valence-corrected chi connectivity index (χ2v) is 6.79. The first-order valence-corrected chi connectivity index (χ1v) is 9.54. The van der Waals surface area contributed by atoms with E-state index in [-0.39, 0.29) is 5.91 Å². The number of nitrogens with one attached hydrogen (secondary N) is 1. The molecule has 5 aromatic rings. The third kappa shape index (κ3) is 3.44. The fourth-order valence-electron chi connectivity index (χ4n) is 3.33. The van der Waals surface area contributed by atoms with Gasteiger partial charge in [0.25, 0.3) is 5.91 Å². The highest BCUT2D eigenvalue weighted by atomic mass is 16.1. The van der Waals surface area contributed by atoms with Gasteiger partial charge in [-0.1, -0.05) is 12.1 Å². The molecule has 0 aliphatic carbocycles. The van der Waals surface area contributed by atoms with Gasteiger partial charge in [-0.2, -0.15) is 5.10 Å². The second kappa shape index (κ2) is 7.63. The minimum atomic E-state index is -0.238. The van der Waals surface area contributed by atoms with E-state index in [2.05, 4.69) is 43.1 Å². The number of carbonyl (C=O) groups is 1. The number of fused-ring (bicyclic) bond motifs is 1. The van der Waals surface area contributed by atoms with Crippen molar-refractivity contribution in [3.8, 4) is 16.9 Å². The highest BCUT2D eigenvalue weighted by Gasteiger charge is 2.12. The number of nitrogens with zero attached hydrogens (tertiary/aromatic N) is 5. The van der Waals surface area contributed by atoms with Crippen molar-refractivity contribution < 1.29 is 4.79 Å². The molecule has 7 heteroatoms. The molecule has 5 rings (SSSR count). The zero-order valence-electron chi connectivity index (χ0n) is 16.0. The zero-order valence-corrected chi connectivity index (χ0v) is 16.0. The molecule has 1 N–H and O–H groups in total. The van der Waals surface area contributed by atoms with E-state index >= 15 is 0 Å². The normalized spacial score (nSPS) is 10.9. The predicted octanol–water partition coefficient (Wildman–Crippen LogP) is 3.51. The Labute approximate surface area is 172 Å². The molecule has 0 aromatic carbocycles. The lowest BCUT2D eigenvalue weighted by molar-refractivity contribution is 0.0945. The monoisotopic (exact) mass is 394 g/mol. The van der Waals surface area contributed by atoms with Gasteiger partial charge in [0, 0.05) is 36.5 Å². The molecular weight excluding hydrogens is 376 g/mol. The van der Waals surface area contributed by atoms with E-state index in [0.29, 0.717) is 12.2 Å². The number of rotatable bonds is 5. The fourth-order valence-corrected chi connectivity index (χ4v) is 3.33. The lowest BCUT2D eigenvalue weighted by atomic mass is 10.1. The number of carbonyl (C=O) groups excluding carboxylic acids is 1. The molecule has 0 bridgehead atoms. The molecule has 0 saturated heterocycles. The first-order valence-electron chi connectivity index (χ1n) is 9.54. The molecule has 7 nitrogen and oxygen atoms in total. The van der Waals surface area contributed by atoms with Crippen molar-refractivity contribution in [1.82, 2.24) is 29.5 Å². The highest BCUT2D eigenvalue weighted by molar-refractivity contribution is 5.92. The van der Waals surface area contributed by atoms with Crippen molar-refractivity contribution in [2.24, 2.45) is 0 Å². The quantitative estimate of drug-likeness (QED) is 0.495. The average Bonchev–Trinajstić information content (AvgIpc) is 3.45. The molecule has 1 amide bonds. The summed E-state index contributed by atoms with van der Waals surface area (Å²) in [4.78, 5) is 20.8. The van der Waals surface area contributed by atoms with Gasteiger partial charge in [0.05, 0.1) is 12.2 Å². The summed E-state index contributed by atoms with van der Waals surface area (Å²) in [7, 11) is 0. The molecule has 0 atom stereocenters. The van der Waals surface area contributed by atoms with Gasteiger partial charge in [-0.3, -0.25) is 14.8 Å². The Morgan fingerprint density at radius 3 is 2.60 bits per heavy atom. The summed E-state index contributed by atoms with van der Waals surface area (Å²) in [6, 6.07) is 19.4. The predicted molar refractivity (Wildman–Crippen MR) is 113 cm³/mol. The summed E-state index contributed by atoms with van der Waals surface area (Å²) in [5.41, 5.74) is 4.35. The molecule has 0 unspecified atom stereocenters. The van der Waals surface area contributed by atoms with Gasteiger partial charge in [0.1, 0.15) is 5.82 Å². The van der Waals surface area contributed by atoms with Crippen LogP contribution in [0.15, 0.2) is 91.6 Å². The first kappa shape index (κ1) is 17.8.